The average molecular weight is 542 g/mol. The lowest BCUT2D eigenvalue weighted by molar-refractivity contribution is 0.467. The highest BCUT2D eigenvalue weighted by Gasteiger charge is 2.16. The first kappa shape index (κ1) is 25.8. The summed E-state index contributed by atoms with van der Waals surface area (Å²) in [5.41, 5.74) is 12.2. The first-order valence-corrected chi connectivity index (χ1v) is 14.3. The fourth-order valence-electron chi connectivity index (χ4n) is 5.81. The highest BCUT2D eigenvalue weighted by Crippen LogP contribution is 2.33. The van der Waals surface area contributed by atoms with Crippen LogP contribution in [0.4, 0.5) is 0 Å². The second-order valence-electron chi connectivity index (χ2n) is 10.6. The molecule has 0 amide bonds. The number of hydrogen-bond acceptors (Lipinski definition) is 3. The molecular weight excluding hydrogens is 510 g/mol. The smallest absolute Gasteiger partial charge is 0.127 e. The van der Waals surface area contributed by atoms with Gasteiger partial charge in [0.2, 0.25) is 0 Å². The van der Waals surface area contributed by atoms with Crippen molar-refractivity contribution in [1.29, 1.82) is 0 Å². The Labute approximate surface area is 246 Å². The Balaban J connectivity index is 1.37. The summed E-state index contributed by atoms with van der Waals surface area (Å²) in [5.74, 6) is 0. The summed E-state index contributed by atoms with van der Waals surface area (Å²) in [5, 5.41) is 10.9. The van der Waals surface area contributed by atoms with Crippen LogP contribution in [0, 0.1) is 0 Å². The maximum Gasteiger partial charge on any atom is 0.127 e. The van der Waals surface area contributed by atoms with Gasteiger partial charge in [-0.1, -0.05) is 140 Å². The van der Waals surface area contributed by atoms with E-state index in [2.05, 4.69) is 121 Å². The number of nitrogens with two attached hydrogens (primary N) is 1. The Morgan fingerprint density at radius 2 is 1.14 bits per heavy atom. The molecule has 7 aromatic carbocycles. The van der Waals surface area contributed by atoms with Crippen molar-refractivity contribution in [3.63, 3.8) is 0 Å². The summed E-state index contributed by atoms with van der Waals surface area (Å²) in [4.78, 5) is 5.23. The van der Waals surface area contributed by atoms with E-state index in [0.717, 1.165) is 22.3 Å². The SMILES string of the molecule is NC(NC(/N=C/c1c2ccccc2cc2c1ccc1ccccc12)c1cccc(-c2ccccc2)c1)c1ccccc1. The van der Waals surface area contributed by atoms with Crippen LogP contribution in [0.3, 0.4) is 0 Å². The zero-order valence-corrected chi connectivity index (χ0v) is 23.2. The standard InChI is InChI=1S/C39H31N3/c40-38(29-15-5-2-6-16-29)42-39(32-19-11-18-30(24-32)27-12-3-1-4-13-27)41-26-37-34-21-10-8-17-31(34)25-36-33-20-9-7-14-28(33)22-23-35(36)37/h1-26,38-39,42H,40H2/b41-26+. The number of aliphatic imine (C=N–C) groups is 1. The lowest BCUT2D eigenvalue weighted by Gasteiger charge is -2.22. The van der Waals surface area contributed by atoms with E-state index in [0.29, 0.717) is 0 Å². The molecule has 0 saturated heterocycles. The molecule has 0 aromatic heterocycles. The third kappa shape index (κ3) is 5.08. The minimum atomic E-state index is -0.387. The van der Waals surface area contributed by atoms with Crippen LogP contribution >= 0.6 is 0 Å². The van der Waals surface area contributed by atoms with Gasteiger partial charge in [0.25, 0.3) is 0 Å². The van der Waals surface area contributed by atoms with Gasteiger partial charge in [-0.25, -0.2) is 0 Å². The van der Waals surface area contributed by atoms with E-state index < -0.39 is 0 Å². The lowest BCUT2D eigenvalue weighted by Crippen LogP contribution is -2.31. The van der Waals surface area contributed by atoms with Gasteiger partial charge in [-0.2, -0.15) is 0 Å². The van der Waals surface area contributed by atoms with E-state index >= 15 is 0 Å². The summed E-state index contributed by atoms with van der Waals surface area (Å²) in [6, 6.07) is 52.9. The van der Waals surface area contributed by atoms with Gasteiger partial charge < -0.3 is 5.73 Å². The fraction of sp³-hybridized carbons (Fsp3) is 0.0513. The van der Waals surface area contributed by atoms with Gasteiger partial charge >= 0.3 is 0 Å². The molecule has 0 aliphatic rings. The number of benzene rings is 7. The van der Waals surface area contributed by atoms with Crippen LogP contribution in [-0.4, -0.2) is 6.21 Å². The Kier molecular flexibility index (Phi) is 7.03. The molecule has 0 aliphatic heterocycles. The summed E-state index contributed by atoms with van der Waals surface area (Å²) >= 11 is 0. The summed E-state index contributed by atoms with van der Waals surface area (Å²) in [6.45, 7) is 0. The van der Waals surface area contributed by atoms with Crippen molar-refractivity contribution in [1.82, 2.24) is 5.32 Å². The molecule has 0 radical (unpaired) electrons. The maximum absolute atomic E-state index is 6.71. The van der Waals surface area contributed by atoms with E-state index in [-0.39, 0.29) is 12.3 Å². The summed E-state index contributed by atoms with van der Waals surface area (Å²) < 4.78 is 0. The fourth-order valence-corrected chi connectivity index (χ4v) is 5.81. The first-order chi connectivity index (χ1) is 20.7. The average Bonchev–Trinajstić information content (AvgIpc) is 3.06. The van der Waals surface area contributed by atoms with Crippen LogP contribution < -0.4 is 11.1 Å². The molecule has 7 aromatic rings. The molecule has 0 aliphatic carbocycles. The van der Waals surface area contributed by atoms with E-state index in [1.807, 2.05) is 42.6 Å². The van der Waals surface area contributed by atoms with Gasteiger partial charge in [-0.05, 0) is 66.7 Å². The molecule has 0 fully saturated rings. The number of nitrogens with one attached hydrogen (secondary N) is 1. The predicted octanol–water partition coefficient (Wildman–Crippen LogP) is 9.18. The zero-order valence-electron chi connectivity index (χ0n) is 23.2. The van der Waals surface area contributed by atoms with Gasteiger partial charge in [0, 0.05) is 11.8 Å². The van der Waals surface area contributed by atoms with Crippen molar-refractivity contribution >= 4 is 38.5 Å². The monoisotopic (exact) mass is 541 g/mol. The molecule has 3 heteroatoms. The van der Waals surface area contributed by atoms with Gasteiger partial charge in [-0.3, -0.25) is 10.3 Å². The highest BCUT2D eigenvalue weighted by atomic mass is 15.1. The molecule has 3 nitrogen and oxygen atoms in total. The molecule has 2 unspecified atom stereocenters. The number of hydrogen-bond donors (Lipinski definition) is 2. The Morgan fingerprint density at radius 1 is 0.500 bits per heavy atom. The third-order valence-electron chi connectivity index (χ3n) is 7.97. The minimum Gasteiger partial charge on any atom is -0.312 e. The third-order valence-corrected chi connectivity index (χ3v) is 7.97. The van der Waals surface area contributed by atoms with E-state index in [1.165, 1.54) is 37.9 Å². The van der Waals surface area contributed by atoms with Crippen LogP contribution in [0.1, 0.15) is 29.0 Å². The molecular formula is C39H31N3. The summed E-state index contributed by atoms with van der Waals surface area (Å²) in [7, 11) is 0. The topological polar surface area (TPSA) is 50.4 Å². The predicted molar refractivity (Wildman–Crippen MR) is 178 cm³/mol. The van der Waals surface area contributed by atoms with Crippen LogP contribution in [0.15, 0.2) is 157 Å². The van der Waals surface area contributed by atoms with Crippen molar-refractivity contribution in [3.8, 4) is 11.1 Å². The van der Waals surface area contributed by atoms with Gasteiger partial charge in [-0.15, -0.1) is 0 Å². The number of rotatable bonds is 7. The molecule has 2 atom stereocenters. The van der Waals surface area contributed by atoms with Gasteiger partial charge in [0.05, 0.1) is 6.17 Å². The summed E-state index contributed by atoms with van der Waals surface area (Å²) in [6.07, 6.45) is 1.28. The molecule has 202 valence electrons. The van der Waals surface area contributed by atoms with E-state index in [1.54, 1.807) is 0 Å². The van der Waals surface area contributed by atoms with Crippen molar-refractivity contribution in [2.24, 2.45) is 10.7 Å². The maximum atomic E-state index is 6.71. The number of nitrogens with zero attached hydrogens (tertiary/aromatic N) is 1. The largest absolute Gasteiger partial charge is 0.312 e. The first-order valence-electron chi connectivity index (χ1n) is 14.3. The second-order valence-corrected chi connectivity index (χ2v) is 10.6. The Morgan fingerprint density at radius 3 is 1.95 bits per heavy atom. The van der Waals surface area contributed by atoms with Crippen LogP contribution in [0.2, 0.25) is 0 Å². The van der Waals surface area contributed by atoms with Crippen molar-refractivity contribution in [2.75, 3.05) is 0 Å². The minimum absolute atomic E-state index is 0.363. The Bertz CT molecular complexity index is 2030. The lowest BCUT2D eigenvalue weighted by atomic mass is 9.94. The highest BCUT2D eigenvalue weighted by molar-refractivity contribution is 6.20. The quantitative estimate of drug-likeness (QED) is 0.0915. The molecule has 42 heavy (non-hydrogen) atoms. The van der Waals surface area contributed by atoms with E-state index in [9.17, 15) is 0 Å². The van der Waals surface area contributed by atoms with Crippen molar-refractivity contribution in [3.05, 3.63) is 168 Å². The van der Waals surface area contributed by atoms with Crippen LogP contribution in [-0.2, 0) is 0 Å². The molecule has 0 spiro atoms. The van der Waals surface area contributed by atoms with Crippen molar-refractivity contribution < 1.29 is 0 Å². The van der Waals surface area contributed by atoms with Crippen LogP contribution in [0.25, 0.3) is 43.4 Å². The van der Waals surface area contributed by atoms with Crippen molar-refractivity contribution in [2.45, 2.75) is 12.3 Å². The molecule has 0 bridgehead atoms. The normalized spacial score (nSPS) is 13.2. The molecule has 3 N–H and O–H groups in total. The zero-order chi connectivity index (χ0) is 28.3. The van der Waals surface area contributed by atoms with Gasteiger partial charge in [0.15, 0.2) is 0 Å². The van der Waals surface area contributed by atoms with Gasteiger partial charge in [0.1, 0.15) is 6.17 Å². The second kappa shape index (κ2) is 11.4. The van der Waals surface area contributed by atoms with E-state index in [4.69, 9.17) is 10.7 Å². The Hall–Kier alpha value is -5.09. The number of fused-ring (bicyclic) bond motifs is 4. The molecule has 7 rings (SSSR count). The molecule has 0 saturated carbocycles. The van der Waals surface area contributed by atoms with Crippen LogP contribution in [0.5, 0.6) is 0 Å². The molecule has 0 heterocycles.